The van der Waals surface area contributed by atoms with Crippen molar-refractivity contribution in [2.45, 2.75) is 0 Å². The van der Waals surface area contributed by atoms with Crippen LogP contribution in [0.3, 0.4) is 0 Å². The molecule has 0 bridgehead atoms. The lowest BCUT2D eigenvalue weighted by Gasteiger charge is -2.40. The zero-order chi connectivity index (χ0) is 46.0. The van der Waals surface area contributed by atoms with Crippen LogP contribution in [0.4, 0.5) is 73.9 Å². The molecule has 3 aliphatic heterocycles. The molecular formula is C62H41N5O2. The monoisotopic (exact) mass is 887 g/mol. The highest BCUT2D eigenvalue weighted by atomic mass is 16.2. The first-order valence-electron chi connectivity index (χ1n) is 23.1. The average Bonchev–Trinajstić information content (AvgIpc) is 3.68. The van der Waals surface area contributed by atoms with E-state index in [0.29, 0.717) is 27.9 Å². The summed E-state index contributed by atoms with van der Waals surface area (Å²) in [4.78, 5) is 40.2. The molecule has 0 unspecified atom stereocenters. The minimum atomic E-state index is -0.344. The lowest BCUT2D eigenvalue weighted by Crippen LogP contribution is -2.29. The number of imide groups is 1. The van der Waals surface area contributed by atoms with Crippen molar-refractivity contribution in [3.05, 3.63) is 260 Å². The Hall–Kier alpha value is -9.46. The molecule has 7 nitrogen and oxygen atoms in total. The third kappa shape index (κ3) is 6.36. The first-order valence-corrected chi connectivity index (χ1v) is 23.1. The van der Waals surface area contributed by atoms with Gasteiger partial charge in [-0.3, -0.25) is 9.59 Å². The van der Waals surface area contributed by atoms with Crippen LogP contribution < -0.4 is 24.5 Å². The Kier molecular flexibility index (Phi) is 9.33. The van der Waals surface area contributed by atoms with Gasteiger partial charge in [-0.2, -0.15) is 0 Å². The molecule has 0 N–H and O–H groups in total. The number of hydrogen-bond donors (Lipinski definition) is 0. The molecule has 3 aliphatic rings. The summed E-state index contributed by atoms with van der Waals surface area (Å²) < 4.78 is 0. The highest BCUT2D eigenvalue weighted by Gasteiger charge is 2.41. The summed E-state index contributed by atoms with van der Waals surface area (Å²) in [5.74, 6) is -0.689. The largest absolute Gasteiger partial charge is 0.306 e. The molecule has 13 rings (SSSR count). The summed E-state index contributed by atoms with van der Waals surface area (Å²) in [5.41, 5.74) is 17.0. The fourth-order valence-corrected chi connectivity index (χ4v) is 10.4. The van der Waals surface area contributed by atoms with Gasteiger partial charge in [0.2, 0.25) is 0 Å². The summed E-state index contributed by atoms with van der Waals surface area (Å²) in [7, 11) is 0. The molecule has 0 saturated heterocycles. The van der Waals surface area contributed by atoms with Crippen LogP contribution in [0.5, 0.6) is 0 Å². The van der Waals surface area contributed by atoms with Crippen LogP contribution in [0.25, 0.3) is 22.3 Å². The van der Waals surface area contributed by atoms with Crippen LogP contribution in [0, 0.1) is 0 Å². The molecule has 69 heavy (non-hydrogen) atoms. The van der Waals surface area contributed by atoms with Gasteiger partial charge in [-0.05, 0) is 131 Å². The van der Waals surface area contributed by atoms with E-state index in [-0.39, 0.29) is 11.8 Å². The van der Waals surface area contributed by atoms with Crippen LogP contribution in [-0.2, 0) is 0 Å². The fraction of sp³-hybridized carbons (Fsp3) is 0. The van der Waals surface area contributed by atoms with Crippen LogP contribution >= 0.6 is 0 Å². The van der Waals surface area contributed by atoms with E-state index in [2.05, 4.69) is 214 Å². The predicted octanol–water partition coefficient (Wildman–Crippen LogP) is 16.3. The first kappa shape index (κ1) is 39.9. The standard InChI is InChI=1S/C62H41N5O2/c68-61-59-49(42-32-36-47(37-33-42)65-55-28-14-10-24-51(55)63(44-18-4-1-5-19-44)52-25-11-15-29-56(52)65)40-41-50(60(59)62(69)67(61)46-22-8-3-9-23-46)43-34-38-48(39-35-43)66-57-30-16-12-26-53(57)64(45-20-6-2-7-21-45)54-27-13-17-31-58(54)66/h1-41H. The van der Waals surface area contributed by atoms with Gasteiger partial charge in [0.15, 0.2) is 0 Å². The van der Waals surface area contributed by atoms with Gasteiger partial charge in [0.1, 0.15) is 0 Å². The van der Waals surface area contributed by atoms with Crippen molar-refractivity contribution in [1.29, 1.82) is 0 Å². The Morgan fingerprint density at radius 2 is 0.420 bits per heavy atom. The number of hydrogen-bond acceptors (Lipinski definition) is 6. The second kappa shape index (κ2) is 16.2. The van der Waals surface area contributed by atoms with Crippen molar-refractivity contribution >= 4 is 85.8 Å². The SMILES string of the molecule is O=C1c2c(-c3ccc(N4c5ccccc5N(c5ccccc5)c5ccccc54)cc3)ccc(-c3ccc(N4c5ccccc5N(c5ccccc5)c5ccccc54)cc3)c2C(=O)N1c1ccccc1. The molecule has 0 saturated carbocycles. The van der Waals surface area contributed by atoms with Gasteiger partial charge in [-0.1, -0.05) is 140 Å². The van der Waals surface area contributed by atoms with Gasteiger partial charge in [-0.25, -0.2) is 4.90 Å². The summed E-state index contributed by atoms with van der Waals surface area (Å²) in [6, 6.07) is 84.6. The van der Waals surface area contributed by atoms with E-state index < -0.39 is 0 Å². The average molecular weight is 888 g/mol. The zero-order valence-electron chi connectivity index (χ0n) is 37.2. The number of nitrogens with zero attached hydrogens (tertiary/aromatic N) is 5. The van der Waals surface area contributed by atoms with Crippen molar-refractivity contribution in [2.75, 3.05) is 24.5 Å². The fourth-order valence-electron chi connectivity index (χ4n) is 10.4. The van der Waals surface area contributed by atoms with Crippen molar-refractivity contribution in [3.8, 4) is 22.3 Å². The van der Waals surface area contributed by atoms with Gasteiger partial charge in [0.25, 0.3) is 11.8 Å². The van der Waals surface area contributed by atoms with Gasteiger partial charge in [-0.15, -0.1) is 0 Å². The van der Waals surface area contributed by atoms with Gasteiger partial charge >= 0.3 is 0 Å². The molecule has 10 aromatic rings. The number of rotatable bonds is 7. The molecule has 0 spiro atoms. The summed E-state index contributed by atoms with van der Waals surface area (Å²) >= 11 is 0. The number of anilines is 13. The topological polar surface area (TPSA) is 50.3 Å². The Bertz CT molecular complexity index is 3300. The zero-order valence-corrected chi connectivity index (χ0v) is 37.2. The maximum atomic E-state index is 14.8. The third-order valence-electron chi connectivity index (χ3n) is 13.4. The quantitative estimate of drug-likeness (QED) is 0.149. The smallest absolute Gasteiger partial charge is 0.266 e. The van der Waals surface area contributed by atoms with E-state index in [9.17, 15) is 9.59 Å². The van der Waals surface area contributed by atoms with Crippen molar-refractivity contribution < 1.29 is 9.59 Å². The van der Waals surface area contributed by atoms with Crippen LogP contribution in [0.2, 0.25) is 0 Å². The molecule has 326 valence electrons. The summed E-state index contributed by atoms with van der Waals surface area (Å²) in [5, 5.41) is 0. The maximum absolute atomic E-state index is 14.8. The summed E-state index contributed by atoms with van der Waals surface area (Å²) in [6.45, 7) is 0. The molecule has 10 aromatic carbocycles. The Morgan fingerprint density at radius 1 is 0.203 bits per heavy atom. The van der Waals surface area contributed by atoms with E-state index in [4.69, 9.17) is 0 Å². The number of carbonyl (C=O) groups excluding carboxylic acids is 2. The van der Waals surface area contributed by atoms with Gasteiger partial charge < -0.3 is 19.6 Å². The summed E-state index contributed by atoms with van der Waals surface area (Å²) in [6.07, 6.45) is 0. The lowest BCUT2D eigenvalue weighted by molar-refractivity contribution is 0.0926. The molecular weight excluding hydrogens is 847 g/mol. The number of carbonyl (C=O) groups is 2. The van der Waals surface area contributed by atoms with E-state index in [1.54, 1.807) is 0 Å². The van der Waals surface area contributed by atoms with E-state index in [1.807, 2.05) is 54.6 Å². The van der Waals surface area contributed by atoms with Crippen molar-refractivity contribution in [1.82, 2.24) is 0 Å². The molecule has 0 atom stereocenters. The number of amides is 2. The van der Waals surface area contributed by atoms with Crippen molar-refractivity contribution in [2.24, 2.45) is 0 Å². The third-order valence-corrected chi connectivity index (χ3v) is 13.4. The molecule has 0 aliphatic carbocycles. The normalized spacial score (nSPS) is 13.4. The molecule has 0 aromatic heterocycles. The molecule has 0 fully saturated rings. The first-order chi connectivity index (χ1) is 34.1. The molecule has 7 heteroatoms. The second-order valence-corrected chi connectivity index (χ2v) is 17.3. The molecule has 0 radical (unpaired) electrons. The minimum absolute atomic E-state index is 0.344. The number of para-hydroxylation sites is 11. The Labute approximate surface area is 400 Å². The van der Waals surface area contributed by atoms with Gasteiger partial charge in [0, 0.05) is 22.7 Å². The Balaban J connectivity index is 0.896. The number of fused-ring (bicyclic) bond motifs is 5. The van der Waals surface area contributed by atoms with Crippen LogP contribution in [0.15, 0.2) is 249 Å². The molecule has 2 amide bonds. The van der Waals surface area contributed by atoms with Crippen molar-refractivity contribution in [3.63, 3.8) is 0 Å². The van der Waals surface area contributed by atoms with Crippen LogP contribution in [0.1, 0.15) is 20.7 Å². The minimum Gasteiger partial charge on any atom is -0.306 e. The van der Waals surface area contributed by atoms with Crippen LogP contribution in [-0.4, -0.2) is 11.8 Å². The maximum Gasteiger partial charge on any atom is 0.266 e. The number of benzene rings is 10. The van der Waals surface area contributed by atoms with E-state index in [0.717, 1.165) is 79.4 Å². The van der Waals surface area contributed by atoms with E-state index in [1.165, 1.54) is 4.90 Å². The highest BCUT2D eigenvalue weighted by molar-refractivity contribution is 6.38. The molecule has 3 heterocycles. The predicted molar refractivity (Wildman–Crippen MR) is 281 cm³/mol. The second-order valence-electron chi connectivity index (χ2n) is 17.3. The Morgan fingerprint density at radius 3 is 0.681 bits per heavy atom. The lowest BCUT2D eigenvalue weighted by atomic mass is 9.90. The highest BCUT2D eigenvalue weighted by Crippen LogP contribution is 2.56. The van der Waals surface area contributed by atoms with E-state index >= 15 is 0 Å². The van der Waals surface area contributed by atoms with Gasteiger partial charge in [0.05, 0.1) is 62.3 Å².